The lowest BCUT2D eigenvalue weighted by Gasteiger charge is -2.32. The van der Waals surface area contributed by atoms with Crippen LogP contribution in [0.4, 0.5) is 21.0 Å². The first-order valence-electron chi connectivity index (χ1n) is 16.4. The Hall–Kier alpha value is -5.46. The predicted octanol–water partition coefficient (Wildman–Crippen LogP) is 7.60. The summed E-state index contributed by atoms with van der Waals surface area (Å²) in [7, 11) is -8.10. The fourth-order valence-electron chi connectivity index (χ4n) is 6.36. The molecule has 0 heterocycles. The fourth-order valence-corrected chi connectivity index (χ4v) is 9.23. The summed E-state index contributed by atoms with van der Waals surface area (Å²) in [5.41, 5.74) is 14.0. The minimum absolute atomic E-state index is 0.0769. The maximum atomic E-state index is 13.9. The number of carbonyl (C=O) groups is 2. The molecule has 0 unspecified atom stereocenters. The fraction of sp³-hybridized carbons (Fsp3) is 0.200. The number of carbonyl (C=O) groups excluding carboxylic acids is 2. The van der Waals surface area contributed by atoms with Crippen molar-refractivity contribution >= 4 is 43.1 Å². The smallest absolute Gasteiger partial charge is 0.316 e. The summed E-state index contributed by atoms with van der Waals surface area (Å²) in [6, 6.07) is 28.3. The van der Waals surface area contributed by atoms with Crippen LogP contribution in [0.25, 0.3) is 0 Å². The van der Waals surface area contributed by atoms with E-state index in [-0.39, 0.29) is 31.0 Å². The van der Waals surface area contributed by atoms with E-state index < -0.39 is 42.6 Å². The van der Waals surface area contributed by atoms with Gasteiger partial charge in [0.2, 0.25) is 19.7 Å². The number of sulfone groups is 2. The van der Waals surface area contributed by atoms with E-state index in [1.54, 1.807) is 48.5 Å². The van der Waals surface area contributed by atoms with Crippen LogP contribution in [0.2, 0.25) is 0 Å². The summed E-state index contributed by atoms with van der Waals surface area (Å²) < 4.78 is 55.5. The first-order valence-corrected chi connectivity index (χ1v) is 19.4. The summed E-state index contributed by atoms with van der Waals surface area (Å²) in [6.45, 7) is 11.3. The third kappa shape index (κ3) is 7.17. The summed E-state index contributed by atoms with van der Waals surface area (Å²) in [4.78, 5) is 24.5. The summed E-state index contributed by atoms with van der Waals surface area (Å²) in [5.74, 6) is 0. The molecule has 5 aromatic rings. The molecule has 0 saturated heterocycles. The average molecular weight is 739 g/mol. The van der Waals surface area contributed by atoms with Crippen LogP contribution in [0.5, 0.6) is 0 Å². The van der Waals surface area contributed by atoms with Crippen LogP contribution >= 0.6 is 0 Å². The molecule has 4 amide bonds. The van der Waals surface area contributed by atoms with Crippen LogP contribution in [0.1, 0.15) is 61.1 Å². The Kier molecular flexibility index (Phi) is 10.1. The highest BCUT2D eigenvalue weighted by atomic mass is 32.2. The van der Waals surface area contributed by atoms with Crippen molar-refractivity contribution in [3.63, 3.8) is 0 Å². The van der Waals surface area contributed by atoms with Crippen molar-refractivity contribution in [1.29, 1.82) is 0 Å². The molecular weight excluding hydrogens is 697 g/mol. The van der Waals surface area contributed by atoms with E-state index in [1.807, 2.05) is 65.8 Å². The van der Waals surface area contributed by atoms with E-state index in [2.05, 4.69) is 10.6 Å². The van der Waals surface area contributed by atoms with Crippen molar-refractivity contribution in [1.82, 2.24) is 0 Å². The molecular formula is C40H42N4O6S2. The molecule has 270 valence electrons. The molecule has 5 rings (SSSR count). The highest BCUT2D eigenvalue weighted by Crippen LogP contribution is 2.43. The molecule has 0 aliphatic rings. The molecule has 0 spiro atoms. The van der Waals surface area contributed by atoms with E-state index in [4.69, 9.17) is 11.5 Å². The molecule has 52 heavy (non-hydrogen) atoms. The zero-order valence-electron chi connectivity index (χ0n) is 29.8. The molecule has 0 atom stereocenters. The average Bonchev–Trinajstić information content (AvgIpc) is 3.08. The highest BCUT2D eigenvalue weighted by Gasteiger charge is 2.34. The second-order valence-corrected chi connectivity index (χ2v) is 17.6. The molecule has 0 aliphatic carbocycles. The number of benzene rings is 5. The summed E-state index contributed by atoms with van der Waals surface area (Å²) in [6.07, 6.45) is 0. The number of rotatable bonds is 10. The Labute approximate surface area is 305 Å². The lowest BCUT2D eigenvalue weighted by atomic mass is 9.74. The van der Waals surface area contributed by atoms with Gasteiger partial charge in [0.05, 0.1) is 31.0 Å². The molecule has 0 aliphatic heterocycles. The van der Waals surface area contributed by atoms with Crippen molar-refractivity contribution in [2.45, 2.75) is 72.0 Å². The van der Waals surface area contributed by atoms with Gasteiger partial charge in [-0.25, -0.2) is 26.4 Å². The van der Waals surface area contributed by atoms with Gasteiger partial charge >= 0.3 is 12.1 Å². The number of urea groups is 2. The van der Waals surface area contributed by atoms with Gasteiger partial charge in [-0.1, -0.05) is 112 Å². The van der Waals surface area contributed by atoms with Gasteiger partial charge in [0.25, 0.3) is 0 Å². The molecule has 6 N–H and O–H groups in total. The Morgan fingerprint density at radius 3 is 1.10 bits per heavy atom. The van der Waals surface area contributed by atoms with E-state index in [0.29, 0.717) is 11.1 Å². The van der Waals surface area contributed by atoms with E-state index in [9.17, 15) is 26.4 Å². The number of hydrogen-bond acceptors (Lipinski definition) is 6. The first kappa shape index (κ1) is 37.8. The van der Waals surface area contributed by atoms with Gasteiger partial charge in [0.15, 0.2) is 0 Å². The van der Waals surface area contributed by atoms with Crippen LogP contribution < -0.4 is 22.1 Å². The van der Waals surface area contributed by atoms with Gasteiger partial charge in [0.1, 0.15) is 0 Å². The topological polar surface area (TPSA) is 179 Å². The maximum Gasteiger partial charge on any atom is 0.316 e. The van der Waals surface area contributed by atoms with Crippen molar-refractivity contribution in [2.24, 2.45) is 11.5 Å². The third-order valence-electron chi connectivity index (χ3n) is 9.47. The number of hydrogen-bond donors (Lipinski definition) is 4. The van der Waals surface area contributed by atoms with Gasteiger partial charge in [-0.05, 0) is 72.5 Å². The number of para-hydroxylation sites is 2. The number of nitrogens with two attached hydrogens (primary N) is 2. The zero-order valence-corrected chi connectivity index (χ0v) is 31.4. The van der Waals surface area contributed by atoms with Crippen LogP contribution in [-0.4, -0.2) is 28.9 Å². The highest BCUT2D eigenvalue weighted by molar-refractivity contribution is 7.92. The van der Waals surface area contributed by atoms with Gasteiger partial charge in [-0.2, -0.15) is 0 Å². The first-order chi connectivity index (χ1) is 24.3. The van der Waals surface area contributed by atoms with E-state index in [1.165, 1.54) is 36.4 Å². The number of aryl methyl sites for hydroxylation is 2. The van der Waals surface area contributed by atoms with Crippen molar-refractivity contribution in [3.05, 3.63) is 143 Å². The standard InChI is InChI=1S/C40H42N4O6S2/c1-25-13-21-29(22-14-25)51(47,48)33-11-7-9-31(35(33)43-37(41)45)39(3,4)27-17-19-28(20-18-27)40(5,6)32-10-8-12-34(36(32)44-38(42)46)52(49,50)30-23-15-26(2)16-24-30/h7-24H,1-6H3,(H3,41,43,45)(H3,42,44,46). The Bertz CT molecular complexity index is 2220. The molecule has 5 aromatic carbocycles. The summed E-state index contributed by atoms with van der Waals surface area (Å²) >= 11 is 0. The Morgan fingerprint density at radius 1 is 0.500 bits per heavy atom. The lowest BCUT2D eigenvalue weighted by molar-refractivity contribution is 0.258. The number of anilines is 2. The quantitative estimate of drug-likeness (QED) is 0.115. The van der Waals surface area contributed by atoms with Crippen LogP contribution in [0.15, 0.2) is 129 Å². The second-order valence-electron chi connectivity index (χ2n) is 13.8. The molecule has 0 saturated carbocycles. The van der Waals surface area contributed by atoms with E-state index >= 15 is 0 Å². The minimum Gasteiger partial charge on any atom is -0.351 e. The minimum atomic E-state index is -4.05. The van der Waals surface area contributed by atoms with Crippen LogP contribution in [0.3, 0.4) is 0 Å². The largest absolute Gasteiger partial charge is 0.351 e. The lowest BCUT2D eigenvalue weighted by Crippen LogP contribution is -2.28. The summed E-state index contributed by atoms with van der Waals surface area (Å²) in [5, 5.41) is 5.16. The normalized spacial score (nSPS) is 12.3. The van der Waals surface area contributed by atoms with E-state index in [0.717, 1.165) is 22.3 Å². The second kappa shape index (κ2) is 13.9. The molecule has 10 nitrogen and oxygen atoms in total. The van der Waals surface area contributed by atoms with Crippen molar-refractivity contribution in [3.8, 4) is 0 Å². The SMILES string of the molecule is Cc1ccc(S(=O)(=O)c2cccc(C(C)(C)c3ccc(C(C)(C)c4cccc(S(=O)(=O)c5ccc(C)cc5)c4NC(N)=O)cc3)c2NC(N)=O)cc1. The molecule has 0 aromatic heterocycles. The monoisotopic (exact) mass is 738 g/mol. The van der Waals surface area contributed by atoms with Gasteiger partial charge in [-0.3, -0.25) is 0 Å². The van der Waals surface area contributed by atoms with Crippen LogP contribution in [0, 0.1) is 13.8 Å². The predicted molar refractivity (Wildman–Crippen MR) is 203 cm³/mol. The zero-order chi connectivity index (χ0) is 38.2. The Balaban J connectivity index is 1.59. The van der Waals surface area contributed by atoms with Crippen molar-refractivity contribution < 1.29 is 26.4 Å². The number of nitrogens with one attached hydrogen (secondary N) is 2. The van der Waals surface area contributed by atoms with Gasteiger partial charge in [0, 0.05) is 10.8 Å². The van der Waals surface area contributed by atoms with Crippen molar-refractivity contribution in [2.75, 3.05) is 10.6 Å². The third-order valence-corrected chi connectivity index (χ3v) is 13.1. The Morgan fingerprint density at radius 2 is 0.808 bits per heavy atom. The molecule has 0 bridgehead atoms. The van der Waals surface area contributed by atoms with Gasteiger partial charge < -0.3 is 22.1 Å². The molecule has 12 heteroatoms. The molecule has 0 fully saturated rings. The maximum absolute atomic E-state index is 13.9. The molecule has 0 radical (unpaired) electrons. The van der Waals surface area contributed by atoms with Gasteiger partial charge in [-0.15, -0.1) is 0 Å². The van der Waals surface area contributed by atoms with Crippen LogP contribution in [-0.2, 0) is 30.5 Å². The number of amides is 4. The number of primary amides is 2.